The van der Waals surface area contributed by atoms with E-state index in [1.165, 1.54) is 18.4 Å². The summed E-state index contributed by atoms with van der Waals surface area (Å²) in [5, 5.41) is 0. The topological polar surface area (TPSA) is 0 Å². The monoisotopic (exact) mass is 272 g/mol. The van der Waals surface area contributed by atoms with Crippen molar-refractivity contribution in [2.45, 2.75) is 95.9 Å². The van der Waals surface area contributed by atoms with Crippen LogP contribution in [0.25, 0.3) is 0 Å². The van der Waals surface area contributed by atoms with Crippen molar-refractivity contribution in [3.05, 3.63) is 11.6 Å². The first-order chi connectivity index (χ1) is 8.54. The lowest BCUT2D eigenvalue weighted by Crippen LogP contribution is -1.85. The van der Waals surface area contributed by atoms with Crippen LogP contribution in [0.3, 0.4) is 0 Å². The van der Waals surface area contributed by atoms with E-state index < -0.39 is 0 Å². The van der Waals surface area contributed by atoms with Gasteiger partial charge < -0.3 is 0 Å². The Morgan fingerprint density at radius 1 is 0.737 bits per heavy atom. The molecule has 0 nitrogen and oxygen atoms in total. The SMILES string of the molecule is CC(C)C.CC(C)C.CC=C(C)C.CCC(C)CC. The van der Waals surface area contributed by atoms with Crippen molar-refractivity contribution >= 4 is 0 Å². The van der Waals surface area contributed by atoms with Gasteiger partial charge in [-0.05, 0) is 38.5 Å². The van der Waals surface area contributed by atoms with E-state index in [1.807, 2.05) is 6.92 Å². The Morgan fingerprint density at radius 2 is 0.895 bits per heavy atom. The Kier molecular flexibility index (Phi) is 32.7. The molecule has 0 saturated heterocycles. The third kappa shape index (κ3) is 133. The maximum absolute atomic E-state index is 2.28. The molecule has 0 N–H and O–H groups in total. The van der Waals surface area contributed by atoms with Gasteiger partial charge in [-0.25, -0.2) is 0 Å². The average Bonchev–Trinajstić information content (AvgIpc) is 2.27. The van der Waals surface area contributed by atoms with Gasteiger partial charge in [-0.2, -0.15) is 0 Å². The predicted octanol–water partition coefficient (Wildman–Crippen LogP) is 7.74. The largest absolute Gasteiger partial charge is 0.0890 e. The van der Waals surface area contributed by atoms with Crippen molar-refractivity contribution < 1.29 is 0 Å². The molecule has 0 rings (SSSR count). The molecular formula is C19H44. The minimum atomic E-state index is 0.833. The van der Waals surface area contributed by atoms with Crippen LogP contribution >= 0.6 is 0 Å². The van der Waals surface area contributed by atoms with E-state index in [4.69, 9.17) is 0 Å². The van der Waals surface area contributed by atoms with Crippen LogP contribution in [0.2, 0.25) is 0 Å². The van der Waals surface area contributed by atoms with Crippen molar-refractivity contribution in [1.29, 1.82) is 0 Å². The molecule has 0 aliphatic rings. The van der Waals surface area contributed by atoms with Crippen LogP contribution in [0.15, 0.2) is 11.6 Å². The first-order valence-corrected chi connectivity index (χ1v) is 8.14. The Hall–Kier alpha value is -0.260. The van der Waals surface area contributed by atoms with Gasteiger partial charge in [0.25, 0.3) is 0 Å². The normalized spacial score (nSPS) is 8.79. The van der Waals surface area contributed by atoms with E-state index in [9.17, 15) is 0 Å². The van der Waals surface area contributed by atoms with Crippen LogP contribution < -0.4 is 0 Å². The molecule has 120 valence electrons. The lowest BCUT2D eigenvalue weighted by molar-refractivity contribution is 0.544. The first kappa shape index (κ1) is 27.1. The highest BCUT2D eigenvalue weighted by atomic mass is 13.9. The van der Waals surface area contributed by atoms with Gasteiger partial charge in [-0.15, -0.1) is 0 Å². The van der Waals surface area contributed by atoms with Crippen molar-refractivity contribution in [2.75, 3.05) is 0 Å². The summed E-state index contributed by atoms with van der Waals surface area (Å²) < 4.78 is 0. The first-order valence-electron chi connectivity index (χ1n) is 8.14. The molecule has 19 heavy (non-hydrogen) atoms. The van der Waals surface area contributed by atoms with Crippen molar-refractivity contribution in [1.82, 2.24) is 0 Å². The van der Waals surface area contributed by atoms with E-state index in [2.05, 4.69) is 82.2 Å². The molecule has 0 amide bonds. The zero-order valence-corrected chi connectivity index (χ0v) is 16.2. The molecule has 0 aromatic carbocycles. The molecule has 0 heterocycles. The molecule has 0 aliphatic heterocycles. The van der Waals surface area contributed by atoms with Gasteiger partial charge in [0, 0.05) is 0 Å². The van der Waals surface area contributed by atoms with Crippen LogP contribution in [-0.2, 0) is 0 Å². The molecule has 0 aliphatic carbocycles. The summed E-state index contributed by atoms with van der Waals surface area (Å²) in [6.07, 6.45) is 4.74. The quantitative estimate of drug-likeness (QED) is 0.451. The number of rotatable bonds is 2. The fourth-order valence-corrected chi connectivity index (χ4v) is 0.289. The zero-order chi connectivity index (χ0) is 16.4. The molecule has 0 aromatic rings. The summed E-state index contributed by atoms with van der Waals surface area (Å²) in [6, 6.07) is 0. The maximum Gasteiger partial charge on any atom is -0.0442 e. The van der Waals surface area contributed by atoms with Gasteiger partial charge in [-0.1, -0.05) is 86.8 Å². The minimum absolute atomic E-state index is 0.833. The lowest BCUT2D eigenvalue weighted by atomic mass is 10.1. The summed E-state index contributed by atoms with van der Waals surface area (Å²) >= 11 is 0. The Morgan fingerprint density at radius 3 is 0.895 bits per heavy atom. The Labute approximate surface area is 126 Å². The summed E-state index contributed by atoms with van der Waals surface area (Å²) in [5.41, 5.74) is 1.38. The van der Waals surface area contributed by atoms with Gasteiger partial charge >= 0.3 is 0 Å². The summed E-state index contributed by atoms with van der Waals surface area (Å²) in [6.45, 7) is 25.9. The third-order valence-electron chi connectivity index (χ3n) is 1.97. The van der Waals surface area contributed by atoms with E-state index in [0.717, 1.165) is 17.8 Å². The molecule has 0 fully saturated rings. The van der Waals surface area contributed by atoms with Crippen molar-refractivity contribution in [3.8, 4) is 0 Å². The second kappa shape index (κ2) is 22.9. The number of hydrogen-bond donors (Lipinski definition) is 0. The molecule has 0 atom stereocenters. The third-order valence-corrected chi connectivity index (χ3v) is 1.97. The average molecular weight is 273 g/mol. The standard InChI is InChI=1S/C6H14.C5H10.2C4H10/c1-4-6(3)5-2;1-4-5(2)3;2*1-4(2)3/h6H,4-5H2,1-3H3;4H,1-3H3;2*4H,1-3H3. The Balaban J connectivity index is -0.0000000803. The van der Waals surface area contributed by atoms with E-state index in [1.54, 1.807) is 0 Å². The maximum atomic E-state index is 2.28. The Bertz CT molecular complexity index is 132. The number of hydrogen-bond acceptors (Lipinski definition) is 0. The predicted molar refractivity (Wildman–Crippen MR) is 95.9 cm³/mol. The van der Waals surface area contributed by atoms with Gasteiger partial charge in [0.15, 0.2) is 0 Å². The van der Waals surface area contributed by atoms with Gasteiger partial charge in [0.1, 0.15) is 0 Å². The molecule has 0 aromatic heterocycles. The lowest BCUT2D eigenvalue weighted by Gasteiger charge is -1.98. The van der Waals surface area contributed by atoms with E-state index in [-0.39, 0.29) is 0 Å². The highest BCUT2D eigenvalue weighted by Gasteiger charge is 1.88. The zero-order valence-electron chi connectivity index (χ0n) is 16.2. The van der Waals surface area contributed by atoms with E-state index >= 15 is 0 Å². The summed E-state index contributed by atoms with van der Waals surface area (Å²) in [5.74, 6) is 2.60. The minimum Gasteiger partial charge on any atom is -0.0890 e. The highest BCUT2D eigenvalue weighted by Crippen LogP contribution is 2.02. The van der Waals surface area contributed by atoms with Crippen LogP contribution in [0.5, 0.6) is 0 Å². The summed E-state index contributed by atoms with van der Waals surface area (Å²) in [4.78, 5) is 0. The molecular weight excluding hydrogens is 228 g/mol. The van der Waals surface area contributed by atoms with Gasteiger partial charge in [-0.3, -0.25) is 0 Å². The van der Waals surface area contributed by atoms with Crippen LogP contribution in [0.1, 0.15) is 95.9 Å². The molecule has 0 saturated carbocycles. The molecule has 0 spiro atoms. The van der Waals surface area contributed by atoms with E-state index in [0.29, 0.717) is 0 Å². The summed E-state index contributed by atoms with van der Waals surface area (Å²) in [7, 11) is 0. The smallest absolute Gasteiger partial charge is 0.0442 e. The van der Waals surface area contributed by atoms with Crippen LogP contribution in [0, 0.1) is 17.8 Å². The highest BCUT2D eigenvalue weighted by molar-refractivity contribution is 4.88. The van der Waals surface area contributed by atoms with Crippen molar-refractivity contribution in [2.24, 2.45) is 17.8 Å². The molecule has 0 radical (unpaired) electrons. The van der Waals surface area contributed by atoms with Crippen molar-refractivity contribution in [3.63, 3.8) is 0 Å². The van der Waals surface area contributed by atoms with Crippen LogP contribution in [-0.4, -0.2) is 0 Å². The second-order valence-corrected chi connectivity index (χ2v) is 6.75. The van der Waals surface area contributed by atoms with Gasteiger partial charge in [0.05, 0.1) is 0 Å². The number of allylic oxidation sites excluding steroid dienone is 2. The molecule has 0 bridgehead atoms. The second-order valence-electron chi connectivity index (χ2n) is 6.75. The fraction of sp³-hybridized carbons (Fsp3) is 0.895. The molecule has 0 heteroatoms. The fourth-order valence-electron chi connectivity index (χ4n) is 0.289. The van der Waals surface area contributed by atoms with Gasteiger partial charge in [0.2, 0.25) is 0 Å². The van der Waals surface area contributed by atoms with Crippen LogP contribution in [0.4, 0.5) is 0 Å². The molecule has 0 unspecified atom stereocenters.